The highest BCUT2D eigenvalue weighted by Crippen LogP contribution is 2.23. The molecule has 1 amide bonds. The predicted octanol–water partition coefficient (Wildman–Crippen LogP) is 1.53. The number of benzene rings is 1. The highest BCUT2D eigenvalue weighted by molar-refractivity contribution is 6.06. The number of nitrogen functional groups attached to an aromatic ring is 1. The van der Waals surface area contributed by atoms with E-state index in [9.17, 15) is 14.7 Å². The fourth-order valence-corrected chi connectivity index (χ4v) is 1.72. The maximum absolute atomic E-state index is 12.1. The highest BCUT2D eigenvalue weighted by Gasteiger charge is 2.17. The minimum atomic E-state index is -0.634. The lowest BCUT2D eigenvalue weighted by molar-refractivity contribution is 0.100. The van der Waals surface area contributed by atoms with Gasteiger partial charge in [-0.05, 0) is 25.5 Å². The normalized spacial score (nSPS) is 10.2. The van der Waals surface area contributed by atoms with Crippen molar-refractivity contribution in [2.75, 3.05) is 11.1 Å². The highest BCUT2D eigenvalue weighted by atomic mass is 16.3. The van der Waals surface area contributed by atoms with Crippen molar-refractivity contribution < 1.29 is 14.7 Å². The van der Waals surface area contributed by atoms with Crippen molar-refractivity contribution in [3.05, 3.63) is 41.3 Å². The molecule has 1 aromatic heterocycles. The van der Waals surface area contributed by atoms with Gasteiger partial charge in [-0.25, -0.2) is 9.97 Å². The third-order valence-electron chi connectivity index (χ3n) is 2.96. The maximum atomic E-state index is 12.1. The number of aromatic nitrogens is 2. The molecular weight excluding hydrogens is 272 g/mol. The van der Waals surface area contributed by atoms with Crippen molar-refractivity contribution in [1.82, 2.24) is 9.97 Å². The maximum Gasteiger partial charge on any atom is 0.278 e. The van der Waals surface area contributed by atoms with Gasteiger partial charge in [-0.3, -0.25) is 9.59 Å². The van der Waals surface area contributed by atoms with Crippen LogP contribution in [0.4, 0.5) is 11.5 Å². The van der Waals surface area contributed by atoms with E-state index in [1.165, 1.54) is 6.92 Å². The van der Waals surface area contributed by atoms with Gasteiger partial charge in [0.2, 0.25) is 0 Å². The van der Waals surface area contributed by atoms with E-state index in [4.69, 9.17) is 5.73 Å². The van der Waals surface area contributed by atoms with Crippen molar-refractivity contribution in [2.24, 2.45) is 0 Å². The van der Waals surface area contributed by atoms with E-state index in [0.717, 1.165) is 11.9 Å². The minimum absolute atomic E-state index is 0.111. The Bertz CT molecular complexity index is 728. The van der Waals surface area contributed by atoms with E-state index in [0.29, 0.717) is 11.3 Å². The number of nitrogens with two attached hydrogens (primary N) is 1. The third kappa shape index (κ3) is 2.97. The lowest BCUT2D eigenvalue weighted by Gasteiger charge is -2.10. The molecule has 2 aromatic rings. The number of carbonyl (C=O) groups excluding carboxylic acids is 2. The van der Waals surface area contributed by atoms with E-state index < -0.39 is 11.7 Å². The zero-order valence-electron chi connectivity index (χ0n) is 11.5. The molecule has 0 saturated heterocycles. The number of nitrogens with zero attached hydrogens (tertiary/aromatic N) is 2. The first-order valence-corrected chi connectivity index (χ1v) is 6.12. The first-order chi connectivity index (χ1) is 9.90. The summed E-state index contributed by atoms with van der Waals surface area (Å²) in [7, 11) is 0. The smallest absolute Gasteiger partial charge is 0.278 e. The first kappa shape index (κ1) is 14.4. The number of hydrogen-bond acceptors (Lipinski definition) is 6. The largest absolute Gasteiger partial charge is 0.503 e. The summed E-state index contributed by atoms with van der Waals surface area (Å²) in [5, 5.41) is 12.3. The Kier molecular flexibility index (Phi) is 3.84. The Morgan fingerprint density at radius 3 is 2.67 bits per heavy atom. The zero-order chi connectivity index (χ0) is 15.6. The van der Waals surface area contributed by atoms with Gasteiger partial charge >= 0.3 is 0 Å². The van der Waals surface area contributed by atoms with E-state index in [1.54, 1.807) is 25.1 Å². The van der Waals surface area contributed by atoms with Gasteiger partial charge in [0.05, 0.1) is 0 Å². The van der Waals surface area contributed by atoms with Gasteiger partial charge in [-0.2, -0.15) is 0 Å². The minimum Gasteiger partial charge on any atom is -0.503 e. The van der Waals surface area contributed by atoms with Gasteiger partial charge in [0.1, 0.15) is 6.33 Å². The van der Waals surface area contributed by atoms with Crippen LogP contribution >= 0.6 is 0 Å². The summed E-state index contributed by atoms with van der Waals surface area (Å²) in [6.45, 7) is 3.22. The summed E-state index contributed by atoms with van der Waals surface area (Å²) in [6, 6.07) is 4.96. The van der Waals surface area contributed by atoms with E-state index >= 15 is 0 Å². The average Bonchev–Trinajstić information content (AvgIpc) is 2.43. The lowest BCUT2D eigenvalue weighted by Crippen LogP contribution is -2.16. The lowest BCUT2D eigenvalue weighted by atomic mass is 10.1. The molecule has 0 aliphatic carbocycles. The molecular formula is C14H14N4O3. The van der Waals surface area contributed by atoms with Crippen molar-refractivity contribution in [2.45, 2.75) is 13.8 Å². The molecule has 1 aromatic carbocycles. The second kappa shape index (κ2) is 5.58. The van der Waals surface area contributed by atoms with Crippen LogP contribution in [0.15, 0.2) is 24.5 Å². The van der Waals surface area contributed by atoms with Crippen LogP contribution in [-0.2, 0) is 0 Å². The Morgan fingerprint density at radius 2 is 2.00 bits per heavy atom. The number of aromatic hydroxyl groups is 1. The number of aryl methyl sites for hydroxylation is 1. The Labute approximate surface area is 120 Å². The standard InChI is InChI=1S/C14H14N4O3/c1-7-3-4-9(8(2)19)5-10(7)18-14(21)11-12(20)13(15)17-6-16-11/h3-6,20H,1-2H3,(H,18,21)(H2,15,16,17). The van der Waals surface area contributed by atoms with Gasteiger partial charge in [0, 0.05) is 11.3 Å². The molecule has 4 N–H and O–H groups in total. The molecule has 0 spiro atoms. The number of rotatable bonds is 3. The summed E-state index contributed by atoms with van der Waals surface area (Å²) >= 11 is 0. The van der Waals surface area contributed by atoms with E-state index in [1.807, 2.05) is 0 Å². The number of ketones is 1. The van der Waals surface area contributed by atoms with Crippen LogP contribution in [0.1, 0.15) is 33.3 Å². The Morgan fingerprint density at radius 1 is 1.29 bits per heavy atom. The number of hydrogen-bond donors (Lipinski definition) is 3. The van der Waals surface area contributed by atoms with Gasteiger partial charge in [0.15, 0.2) is 23.0 Å². The Balaban J connectivity index is 2.33. The van der Waals surface area contributed by atoms with Gasteiger partial charge < -0.3 is 16.2 Å². The third-order valence-corrected chi connectivity index (χ3v) is 2.96. The van der Waals surface area contributed by atoms with Crippen LogP contribution in [-0.4, -0.2) is 26.8 Å². The number of carbonyl (C=O) groups is 2. The SMILES string of the molecule is CC(=O)c1ccc(C)c(NC(=O)c2ncnc(N)c2O)c1. The molecule has 0 aliphatic rings. The molecule has 7 heteroatoms. The molecule has 0 atom stereocenters. The van der Waals surface area contributed by atoms with Crippen molar-refractivity contribution in [1.29, 1.82) is 0 Å². The molecule has 108 valence electrons. The molecule has 21 heavy (non-hydrogen) atoms. The van der Waals surface area contributed by atoms with Crippen LogP contribution < -0.4 is 11.1 Å². The number of nitrogens with one attached hydrogen (secondary N) is 1. The molecule has 7 nitrogen and oxygen atoms in total. The fourth-order valence-electron chi connectivity index (χ4n) is 1.72. The van der Waals surface area contributed by atoms with Crippen LogP contribution in [0.5, 0.6) is 5.75 Å². The zero-order valence-corrected chi connectivity index (χ0v) is 11.5. The number of amides is 1. The summed E-state index contributed by atoms with van der Waals surface area (Å²) in [6.07, 6.45) is 1.09. The second-order valence-electron chi connectivity index (χ2n) is 4.50. The molecule has 0 saturated carbocycles. The summed E-state index contributed by atoms with van der Waals surface area (Å²) < 4.78 is 0. The van der Waals surface area contributed by atoms with Crippen molar-refractivity contribution >= 4 is 23.2 Å². The second-order valence-corrected chi connectivity index (χ2v) is 4.50. The van der Waals surface area contributed by atoms with E-state index in [2.05, 4.69) is 15.3 Å². The molecule has 2 rings (SSSR count). The molecule has 1 heterocycles. The van der Waals surface area contributed by atoms with Crippen molar-refractivity contribution in [3.8, 4) is 5.75 Å². The molecule has 0 radical (unpaired) electrons. The average molecular weight is 286 g/mol. The van der Waals surface area contributed by atoms with Crippen LogP contribution in [0.25, 0.3) is 0 Å². The summed E-state index contributed by atoms with van der Waals surface area (Å²) in [5.74, 6) is -1.40. The summed E-state index contributed by atoms with van der Waals surface area (Å²) in [5.41, 5.74) is 6.90. The number of anilines is 2. The number of Topliss-reactive ketones (excluding diaryl/α,β-unsaturated/α-hetero) is 1. The van der Waals surface area contributed by atoms with Crippen LogP contribution in [0.2, 0.25) is 0 Å². The van der Waals surface area contributed by atoms with Gasteiger partial charge in [-0.1, -0.05) is 12.1 Å². The predicted molar refractivity (Wildman–Crippen MR) is 77.2 cm³/mol. The van der Waals surface area contributed by atoms with Gasteiger partial charge in [-0.15, -0.1) is 0 Å². The van der Waals surface area contributed by atoms with Gasteiger partial charge in [0.25, 0.3) is 5.91 Å². The van der Waals surface area contributed by atoms with Crippen LogP contribution in [0, 0.1) is 6.92 Å². The quantitative estimate of drug-likeness (QED) is 0.736. The van der Waals surface area contributed by atoms with Crippen LogP contribution in [0.3, 0.4) is 0 Å². The molecule has 0 unspecified atom stereocenters. The fraction of sp³-hybridized carbons (Fsp3) is 0.143. The topological polar surface area (TPSA) is 118 Å². The first-order valence-electron chi connectivity index (χ1n) is 6.12. The molecule has 0 fully saturated rings. The summed E-state index contributed by atoms with van der Waals surface area (Å²) in [4.78, 5) is 30.8. The monoisotopic (exact) mass is 286 g/mol. The Hall–Kier alpha value is -2.96. The van der Waals surface area contributed by atoms with Crippen molar-refractivity contribution in [3.63, 3.8) is 0 Å². The molecule has 0 bridgehead atoms. The molecule has 0 aliphatic heterocycles. The van der Waals surface area contributed by atoms with E-state index in [-0.39, 0.29) is 17.3 Å².